The molecule has 0 radical (unpaired) electrons. The highest BCUT2D eigenvalue weighted by atomic mass is 14.9. The molecule has 0 aliphatic carbocycles. The molecule has 0 atom stereocenters. The summed E-state index contributed by atoms with van der Waals surface area (Å²) in [7, 11) is 0. The van der Waals surface area contributed by atoms with Crippen molar-refractivity contribution in [3.05, 3.63) is 71.8 Å². The number of nitrogen functional groups attached to an aromatic ring is 1. The van der Waals surface area contributed by atoms with Gasteiger partial charge in [0.2, 0.25) is 0 Å². The normalized spacial score (nSPS) is 11.9. The first-order valence-corrected chi connectivity index (χ1v) is 8.48. The number of nitrogens with zero attached hydrogens (tertiary/aromatic N) is 1. The topological polar surface area (TPSA) is 76.4 Å². The third-order valence-electron chi connectivity index (χ3n) is 4.09. The number of anilines is 2. The number of aliphatic imine (C=N–C) groups is 1. The molecule has 0 aliphatic rings. The molecule has 0 bridgehead atoms. The van der Waals surface area contributed by atoms with Crippen molar-refractivity contribution in [2.75, 3.05) is 11.1 Å². The summed E-state index contributed by atoms with van der Waals surface area (Å²) < 4.78 is 0. The molecule has 0 amide bonds. The van der Waals surface area contributed by atoms with Crippen molar-refractivity contribution in [1.29, 1.82) is 0 Å². The third-order valence-corrected chi connectivity index (χ3v) is 4.09. The van der Waals surface area contributed by atoms with Crippen molar-refractivity contribution in [2.24, 2.45) is 10.7 Å². The lowest BCUT2D eigenvalue weighted by Gasteiger charge is -2.13. The van der Waals surface area contributed by atoms with E-state index in [1.807, 2.05) is 32.0 Å². The van der Waals surface area contributed by atoms with Crippen LogP contribution >= 0.6 is 0 Å². The van der Waals surface area contributed by atoms with Crippen LogP contribution in [0.15, 0.2) is 65.7 Å². The van der Waals surface area contributed by atoms with Crippen molar-refractivity contribution >= 4 is 28.0 Å². The Bertz CT molecular complexity index is 907. The van der Waals surface area contributed by atoms with E-state index in [1.54, 1.807) is 0 Å². The van der Waals surface area contributed by atoms with E-state index >= 15 is 0 Å². The lowest BCUT2D eigenvalue weighted by atomic mass is 10.0. The van der Waals surface area contributed by atoms with Crippen LogP contribution < -0.4 is 16.8 Å². The van der Waals surface area contributed by atoms with Crippen molar-refractivity contribution in [3.8, 4) is 0 Å². The van der Waals surface area contributed by atoms with Crippen LogP contribution in [0, 0.1) is 0 Å². The molecule has 4 nitrogen and oxygen atoms in total. The molecular weight excluding hydrogens is 308 g/mol. The molecule has 3 aromatic carbocycles. The zero-order valence-electron chi connectivity index (χ0n) is 14.7. The Labute approximate surface area is 148 Å². The lowest BCUT2D eigenvalue weighted by Crippen LogP contribution is -2.16. The van der Waals surface area contributed by atoms with Gasteiger partial charge in [0.05, 0.1) is 11.4 Å². The summed E-state index contributed by atoms with van der Waals surface area (Å²) in [6.07, 6.45) is 0. The van der Waals surface area contributed by atoms with Gasteiger partial charge in [0.1, 0.15) is 5.84 Å². The second-order valence-corrected chi connectivity index (χ2v) is 6.40. The Kier molecular flexibility index (Phi) is 4.89. The van der Waals surface area contributed by atoms with Gasteiger partial charge in [-0.15, -0.1) is 0 Å². The Morgan fingerprint density at radius 3 is 2.56 bits per heavy atom. The SMILES string of the molecule is CC(C)N=C(N)c1ccc(NCc2cccc3ccccc23)c(N)c1. The van der Waals surface area contributed by atoms with Crippen molar-refractivity contribution < 1.29 is 0 Å². The van der Waals surface area contributed by atoms with Crippen LogP contribution in [0.1, 0.15) is 25.0 Å². The minimum atomic E-state index is 0.158. The standard InChI is InChI=1S/C21H24N4/c1-14(2)25-21(23)16-10-11-20(19(22)12-16)24-13-17-8-5-7-15-6-3-4-9-18(15)17/h3-12,14,24H,13,22H2,1-2H3,(H2,23,25). The highest BCUT2D eigenvalue weighted by Crippen LogP contribution is 2.23. The quantitative estimate of drug-likeness (QED) is 0.373. The summed E-state index contributed by atoms with van der Waals surface area (Å²) >= 11 is 0. The van der Waals surface area contributed by atoms with Crippen LogP contribution in [-0.4, -0.2) is 11.9 Å². The number of nitrogens with two attached hydrogens (primary N) is 2. The predicted molar refractivity (Wildman–Crippen MR) is 108 cm³/mol. The van der Waals surface area contributed by atoms with E-state index in [-0.39, 0.29) is 6.04 Å². The van der Waals surface area contributed by atoms with Gasteiger partial charge in [-0.2, -0.15) is 0 Å². The van der Waals surface area contributed by atoms with Gasteiger partial charge in [0, 0.05) is 18.2 Å². The molecule has 0 heterocycles. The minimum absolute atomic E-state index is 0.158. The number of benzene rings is 3. The number of nitrogens with one attached hydrogen (secondary N) is 1. The van der Waals surface area contributed by atoms with Gasteiger partial charge < -0.3 is 16.8 Å². The first-order chi connectivity index (χ1) is 12.0. The van der Waals surface area contributed by atoms with E-state index in [2.05, 4.69) is 52.8 Å². The summed E-state index contributed by atoms with van der Waals surface area (Å²) in [4.78, 5) is 4.36. The van der Waals surface area contributed by atoms with E-state index in [1.165, 1.54) is 16.3 Å². The second-order valence-electron chi connectivity index (χ2n) is 6.40. The molecule has 0 spiro atoms. The van der Waals surface area contributed by atoms with Gasteiger partial charge in [-0.1, -0.05) is 42.5 Å². The van der Waals surface area contributed by atoms with Gasteiger partial charge in [-0.3, -0.25) is 4.99 Å². The maximum atomic E-state index is 6.19. The number of rotatable bonds is 5. The maximum Gasteiger partial charge on any atom is 0.125 e. The molecule has 25 heavy (non-hydrogen) atoms. The van der Waals surface area contributed by atoms with E-state index in [9.17, 15) is 0 Å². The molecule has 0 saturated heterocycles. The first-order valence-electron chi connectivity index (χ1n) is 8.48. The molecule has 3 rings (SSSR count). The van der Waals surface area contributed by atoms with Crippen LogP contribution in [0.4, 0.5) is 11.4 Å². The molecule has 5 N–H and O–H groups in total. The largest absolute Gasteiger partial charge is 0.397 e. The molecule has 0 fully saturated rings. The smallest absolute Gasteiger partial charge is 0.125 e. The Hall–Kier alpha value is -3.01. The summed E-state index contributed by atoms with van der Waals surface area (Å²) in [5.74, 6) is 0.516. The van der Waals surface area contributed by atoms with E-state index in [0.29, 0.717) is 18.1 Å². The molecule has 4 heteroatoms. The zero-order chi connectivity index (χ0) is 17.8. The van der Waals surface area contributed by atoms with E-state index < -0.39 is 0 Å². The van der Waals surface area contributed by atoms with Gasteiger partial charge in [-0.05, 0) is 48.4 Å². The predicted octanol–water partition coefficient (Wildman–Crippen LogP) is 4.15. The lowest BCUT2D eigenvalue weighted by molar-refractivity contribution is 0.834. The fourth-order valence-corrected chi connectivity index (χ4v) is 2.87. The Balaban J connectivity index is 1.79. The highest BCUT2D eigenvalue weighted by Gasteiger charge is 2.06. The summed E-state index contributed by atoms with van der Waals surface area (Å²) in [5, 5.41) is 5.91. The van der Waals surface area contributed by atoms with Gasteiger partial charge in [-0.25, -0.2) is 0 Å². The Morgan fingerprint density at radius 1 is 1.04 bits per heavy atom. The van der Waals surface area contributed by atoms with Crippen molar-refractivity contribution in [1.82, 2.24) is 0 Å². The molecule has 0 unspecified atom stereocenters. The number of hydrogen-bond acceptors (Lipinski definition) is 3. The average Bonchev–Trinajstić information content (AvgIpc) is 2.60. The molecule has 128 valence electrons. The van der Waals surface area contributed by atoms with Gasteiger partial charge in [0.15, 0.2) is 0 Å². The van der Waals surface area contributed by atoms with Gasteiger partial charge >= 0.3 is 0 Å². The van der Waals surface area contributed by atoms with Crippen molar-refractivity contribution in [3.63, 3.8) is 0 Å². The van der Waals surface area contributed by atoms with E-state index in [0.717, 1.165) is 11.3 Å². The molecule has 0 saturated carbocycles. The maximum absolute atomic E-state index is 6.19. The summed E-state index contributed by atoms with van der Waals surface area (Å²) in [6, 6.07) is 20.6. The van der Waals surface area contributed by atoms with Crippen LogP contribution in [-0.2, 0) is 6.54 Å². The van der Waals surface area contributed by atoms with Crippen LogP contribution in [0.2, 0.25) is 0 Å². The van der Waals surface area contributed by atoms with Crippen LogP contribution in [0.5, 0.6) is 0 Å². The number of fused-ring (bicyclic) bond motifs is 1. The van der Waals surface area contributed by atoms with E-state index in [4.69, 9.17) is 11.5 Å². The molecule has 0 aromatic heterocycles. The fraction of sp³-hybridized carbons (Fsp3) is 0.190. The molecular formula is C21H24N4. The number of amidine groups is 1. The highest BCUT2D eigenvalue weighted by molar-refractivity contribution is 5.99. The summed E-state index contributed by atoms with van der Waals surface area (Å²) in [6.45, 7) is 4.70. The van der Waals surface area contributed by atoms with Crippen molar-refractivity contribution in [2.45, 2.75) is 26.4 Å². The first kappa shape index (κ1) is 16.8. The minimum Gasteiger partial charge on any atom is -0.397 e. The summed E-state index contributed by atoms with van der Waals surface area (Å²) in [5.41, 5.74) is 15.9. The van der Waals surface area contributed by atoms with Crippen LogP contribution in [0.25, 0.3) is 10.8 Å². The van der Waals surface area contributed by atoms with Crippen LogP contribution in [0.3, 0.4) is 0 Å². The fourth-order valence-electron chi connectivity index (χ4n) is 2.87. The second kappa shape index (κ2) is 7.26. The van der Waals surface area contributed by atoms with Gasteiger partial charge in [0.25, 0.3) is 0 Å². The number of hydrogen-bond donors (Lipinski definition) is 3. The molecule has 3 aromatic rings. The third kappa shape index (κ3) is 3.91. The average molecular weight is 332 g/mol. The zero-order valence-corrected chi connectivity index (χ0v) is 14.7. The monoisotopic (exact) mass is 332 g/mol. The molecule has 0 aliphatic heterocycles. The Morgan fingerprint density at radius 2 is 1.80 bits per heavy atom.